The van der Waals surface area contributed by atoms with E-state index in [1.807, 2.05) is 18.2 Å². The van der Waals surface area contributed by atoms with Gasteiger partial charge in [-0.3, -0.25) is 4.90 Å². The molecule has 5 nitrogen and oxygen atoms in total. The summed E-state index contributed by atoms with van der Waals surface area (Å²) >= 11 is 0. The molecule has 0 radical (unpaired) electrons. The Morgan fingerprint density at radius 2 is 2.08 bits per heavy atom. The molecule has 0 amide bonds. The number of hydrogen-bond donors (Lipinski definition) is 2. The maximum Gasteiger partial charge on any atom is 0.188 e. The molecule has 1 aliphatic carbocycles. The number of ether oxygens (including phenoxy) is 1. The van der Waals surface area contributed by atoms with Crippen LogP contribution in [0.5, 0.6) is 5.75 Å². The number of para-hydroxylation sites is 1. The number of hydrogen-bond acceptors (Lipinski definition) is 3. The summed E-state index contributed by atoms with van der Waals surface area (Å²) in [7, 11) is 0. The molecule has 1 heterocycles. The Hall–Kier alpha value is -1.02. The normalized spacial score (nSPS) is 21.5. The van der Waals surface area contributed by atoms with Gasteiger partial charge in [0.05, 0.1) is 12.6 Å². The van der Waals surface area contributed by atoms with Crippen LogP contribution in [0.25, 0.3) is 0 Å². The number of halogens is 1. The van der Waals surface area contributed by atoms with Crippen molar-refractivity contribution in [3.63, 3.8) is 0 Å². The molecule has 0 aromatic heterocycles. The third-order valence-electron chi connectivity index (χ3n) is 5.16. The van der Waals surface area contributed by atoms with Crippen LogP contribution in [-0.4, -0.2) is 42.6 Å². The maximum absolute atomic E-state index is 6.05. The summed E-state index contributed by atoms with van der Waals surface area (Å²) in [5, 5.41) is 3.29. The van der Waals surface area contributed by atoms with Gasteiger partial charge in [-0.15, -0.1) is 24.0 Å². The van der Waals surface area contributed by atoms with Crippen molar-refractivity contribution in [3.05, 3.63) is 29.8 Å². The number of nitrogens with one attached hydrogen (secondary N) is 1. The van der Waals surface area contributed by atoms with Crippen LogP contribution < -0.4 is 15.8 Å². The number of benzene rings is 1. The van der Waals surface area contributed by atoms with Crippen LogP contribution in [0, 0.1) is 0 Å². The average Bonchev–Trinajstić information content (AvgIpc) is 3.02. The Kier molecular flexibility index (Phi) is 8.29. The summed E-state index contributed by atoms with van der Waals surface area (Å²) in [5.74, 6) is 1.48. The summed E-state index contributed by atoms with van der Waals surface area (Å²) in [6.07, 6.45) is 6.51. The molecule has 1 saturated carbocycles. The second-order valence-electron chi connectivity index (χ2n) is 6.79. The van der Waals surface area contributed by atoms with E-state index in [4.69, 9.17) is 10.5 Å². The van der Waals surface area contributed by atoms with E-state index < -0.39 is 0 Å². The van der Waals surface area contributed by atoms with Crippen molar-refractivity contribution in [3.8, 4) is 5.75 Å². The zero-order valence-corrected chi connectivity index (χ0v) is 17.4. The minimum atomic E-state index is 0. The van der Waals surface area contributed by atoms with Crippen LogP contribution in [0.1, 0.15) is 44.6 Å². The second-order valence-corrected chi connectivity index (χ2v) is 6.79. The van der Waals surface area contributed by atoms with Crippen molar-refractivity contribution in [2.45, 2.75) is 57.7 Å². The molecule has 1 saturated heterocycles. The Balaban J connectivity index is 0.00000225. The number of likely N-dealkylation sites (tertiary alicyclic amines) is 1. The maximum atomic E-state index is 6.05. The van der Waals surface area contributed by atoms with E-state index in [0.29, 0.717) is 24.7 Å². The fourth-order valence-corrected chi connectivity index (χ4v) is 3.41. The van der Waals surface area contributed by atoms with Gasteiger partial charge in [0.2, 0.25) is 0 Å². The summed E-state index contributed by atoms with van der Waals surface area (Å²) in [6, 6.07) is 8.73. The number of nitrogens with two attached hydrogens (primary N) is 1. The minimum Gasteiger partial charge on any atom is -0.490 e. The van der Waals surface area contributed by atoms with Gasteiger partial charge in [0.15, 0.2) is 5.96 Å². The predicted octanol–water partition coefficient (Wildman–Crippen LogP) is 3.12. The minimum absolute atomic E-state index is 0. The highest BCUT2D eigenvalue weighted by Gasteiger charge is 2.22. The smallest absolute Gasteiger partial charge is 0.188 e. The van der Waals surface area contributed by atoms with Gasteiger partial charge >= 0.3 is 0 Å². The van der Waals surface area contributed by atoms with Crippen molar-refractivity contribution in [1.29, 1.82) is 0 Å². The lowest BCUT2D eigenvalue weighted by atomic mass is 9.96. The van der Waals surface area contributed by atoms with Gasteiger partial charge in [-0.2, -0.15) is 0 Å². The van der Waals surface area contributed by atoms with E-state index in [1.165, 1.54) is 25.8 Å². The molecule has 1 aliphatic heterocycles. The zero-order valence-electron chi connectivity index (χ0n) is 15.1. The summed E-state index contributed by atoms with van der Waals surface area (Å²) in [5.41, 5.74) is 7.16. The van der Waals surface area contributed by atoms with E-state index in [9.17, 15) is 0 Å². The molecule has 1 aromatic carbocycles. The molecule has 1 aromatic rings. The van der Waals surface area contributed by atoms with Gasteiger partial charge in [0.1, 0.15) is 5.75 Å². The quantitative estimate of drug-likeness (QED) is 0.375. The molecule has 2 aliphatic rings. The predicted molar refractivity (Wildman–Crippen MR) is 114 cm³/mol. The van der Waals surface area contributed by atoms with E-state index in [0.717, 1.165) is 37.2 Å². The van der Waals surface area contributed by atoms with Crippen molar-refractivity contribution in [1.82, 2.24) is 10.2 Å². The number of aliphatic imine (C=N–C) groups is 1. The number of rotatable bonds is 7. The highest BCUT2D eigenvalue weighted by Crippen LogP contribution is 2.27. The lowest BCUT2D eigenvalue weighted by Crippen LogP contribution is -2.42. The molecule has 140 valence electrons. The monoisotopic (exact) mass is 458 g/mol. The second kappa shape index (κ2) is 10.2. The number of guanidine groups is 1. The molecule has 3 rings (SSSR count). The first-order chi connectivity index (χ1) is 11.8. The van der Waals surface area contributed by atoms with Crippen LogP contribution in [0.2, 0.25) is 0 Å². The fraction of sp³-hybridized carbons (Fsp3) is 0.632. The topological polar surface area (TPSA) is 62.9 Å². The van der Waals surface area contributed by atoms with Crippen molar-refractivity contribution in [2.24, 2.45) is 10.7 Å². The molecule has 0 bridgehead atoms. The third kappa shape index (κ3) is 5.74. The molecular weight excluding hydrogens is 427 g/mol. The van der Waals surface area contributed by atoms with Crippen LogP contribution in [0.15, 0.2) is 29.3 Å². The van der Waals surface area contributed by atoms with Crippen molar-refractivity contribution < 1.29 is 4.74 Å². The molecule has 1 atom stereocenters. The van der Waals surface area contributed by atoms with Gasteiger partial charge in [0, 0.05) is 18.2 Å². The summed E-state index contributed by atoms with van der Waals surface area (Å²) in [4.78, 5) is 7.00. The van der Waals surface area contributed by atoms with Crippen LogP contribution >= 0.6 is 24.0 Å². The molecule has 2 fully saturated rings. The Labute approximate surface area is 168 Å². The van der Waals surface area contributed by atoms with Gasteiger partial charge in [-0.25, -0.2) is 4.99 Å². The summed E-state index contributed by atoms with van der Waals surface area (Å²) in [6.45, 7) is 5.96. The SMILES string of the molecule is CCN1CCCC1CNC(N)=NCc1ccccc1OC1CCC1.I. The van der Waals surface area contributed by atoms with Crippen LogP contribution in [-0.2, 0) is 6.54 Å². The lowest BCUT2D eigenvalue weighted by molar-refractivity contribution is 0.119. The first-order valence-corrected chi connectivity index (χ1v) is 9.28. The molecule has 25 heavy (non-hydrogen) atoms. The first kappa shape index (κ1) is 20.3. The Bertz CT molecular complexity index is 562. The van der Waals surface area contributed by atoms with Crippen molar-refractivity contribution >= 4 is 29.9 Å². The molecule has 3 N–H and O–H groups in total. The molecular formula is C19H31IN4O. The van der Waals surface area contributed by atoms with Gasteiger partial charge in [-0.05, 0) is 51.3 Å². The molecule has 0 spiro atoms. The van der Waals surface area contributed by atoms with Crippen molar-refractivity contribution in [2.75, 3.05) is 19.6 Å². The molecule has 1 unspecified atom stereocenters. The standard InChI is InChI=1S/C19H30N4O.HI/c1-2-23-12-6-8-16(23)14-22-19(20)21-13-15-7-3-4-11-18(15)24-17-9-5-10-17;/h3-4,7,11,16-17H,2,5-6,8-10,12-14H2,1H3,(H3,20,21,22);1H. The Morgan fingerprint density at radius 3 is 2.80 bits per heavy atom. The van der Waals surface area contributed by atoms with Crippen LogP contribution in [0.4, 0.5) is 0 Å². The third-order valence-corrected chi connectivity index (χ3v) is 5.16. The van der Waals surface area contributed by atoms with Gasteiger partial charge < -0.3 is 15.8 Å². The molecule has 6 heteroatoms. The van der Waals surface area contributed by atoms with Crippen LogP contribution in [0.3, 0.4) is 0 Å². The first-order valence-electron chi connectivity index (χ1n) is 9.28. The highest BCUT2D eigenvalue weighted by atomic mass is 127. The van der Waals surface area contributed by atoms with E-state index >= 15 is 0 Å². The number of nitrogens with zero attached hydrogens (tertiary/aromatic N) is 2. The zero-order chi connectivity index (χ0) is 16.8. The average molecular weight is 458 g/mol. The van der Waals surface area contributed by atoms with E-state index in [1.54, 1.807) is 0 Å². The number of likely N-dealkylation sites (N-methyl/N-ethyl adjacent to an activating group) is 1. The lowest BCUT2D eigenvalue weighted by Gasteiger charge is -2.27. The van der Waals surface area contributed by atoms with Gasteiger partial charge in [-0.1, -0.05) is 25.1 Å². The Morgan fingerprint density at radius 1 is 1.28 bits per heavy atom. The van der Waals surface area contributed by atoms with E-state index in [2.05, 4.69) is 28.2 Å². The largest absolute Gasteiger partial charge is 0.490 e. The fourth-order valence-electron chi connectivity index (χ4n) is 3.41. The highest BCUT2D eigenvalue weighted by molar-refractivity contribution is 14.0. The summed E-state index contributed by atoms with van der Waals surface area (Å²) < 4.78 is 6.05. The van der Waals surface area contributed by atoms with E-state index in [-0.39, 0.29) is 24.0 Å². The van der Waals surface area contributed by atoms with Gasteiger partial charge in [0.25, 0.3) is 0 Å².